The fourth-order valence-corrected chi connectivity index (χ4v) is 3.05. The molecule has 0 aliphatic carbocycles. The first-order chi connectivity index (χ1) is 15.0. The minimum atomic E-state index is 0.0737. The summed E-state index contributed by atoms with van der Waals surface area (Å²) in [6.07, 6.45) is 4.40. The van der Waals surface area contributed by atoms with Crippen LogP contribution in [0.15, 0.2) is 24.3 Å². The van der Waals surface area contributed by atoms with Crippen LogP contribution in [0.1, 0.15) is 77.6 Å². The Balaban J connectivity index is 0.00000165. The Morgan fingerprint density at radius 3 is 2.13 bits per heavy atom. The molecule has 1 fully saturated rings. The smallest absolute Gasteiger partial charge is 0.165 e. The lowest BCUT2D eigenvalue weighted by atomic mass is 9.97. The number of carbonyl (C=O) groups is 1. The molecule has 5 nitrogen and oxygen atoms in total. The molecule has 1 heterocycles. The molecular formula is C26H47NO4. The predicted octanol–water partition coefficient (Wildman–Crippen LogP) is 5.86. The molecular weight excluding hydrogens is 390 g/mol. The third-order valence-electron chi connectivity index (χ3n) is 5.02. The van der Waals surface area contributed by atoms with Gasteiger partial charge in [0.25, 0.3) is 0 Å². The number of likely N-dealkylation sites (tertiary alicyclic amines) is 1. The molecule has 1 aliphatic heterocycles. The van der Waals surface area contributed by atoms with Crippen molar-refractivity contribution in [1.82, 2.24) is 4.90 Å². The lowest BCUT2D eigenvalue weighted by molar-refractivity contribution is 0.0424. The highest BCUT2D eigenvalue weighted by atomic mass is 16.5. The zero-order chi connectivity index (χ0) is 23.5. The molecule has 1 atom stereocenters. The third kappa shape index (κ3) is 12.9. The standard InChI is InChI=1S/C21H33NO4.C3H8.C2H6/c1-4-17(2)21(23)18-5-7-19(8-6-18)26-20-9-11-22(12-10-20)13-14-25-16-15-24-3;1-3-2;1-2/h5-8,17,20H,4,9-16H2,1-3H3;3H2,1-2H3;1-2H3. The van der Waals surface area contributed by atoms with Gasteiger partial charge in [-0.25, -0.2) is 0 Å². The summed E-state index contributed by atoms with van der Waals surface area (Å²) in [5.74, 6) is 1.14. The molecule has 180 valence electrons. The molecule has 5 heteroatoms. The molecule has 1 saturated heterocycles. The van der Waals surface area contributed by atoms with Gasteiger partial charge in [0.2, 0.25) is 0 Å². The van der Waals surface area contributed by atoms with Gasteiger partial charge in [0, 0.05) is 38.2 Å². The number of hydrogen-bond acceptors (Lipinski definition) is 5. The lowest BCUT2D eigenvalue weighted by Crippen LogP contribution is -2.39. The second-order valence-electron chi connectivity index (χ2n) is 7.67. The number of rotatable bonds is 11. The maximum atomic E-state index is 12.2. The number of piperidine rings is 1. The van der Waals surface area contributed by atoms with E-state index in [1.165, 1.54) is 6.42 Å². The van der Waals surface area contributed by atoms with Gasteiger partial charge in [-0.2, -0.15) is 0 Å². The highest BCUT2D eigenvalue weighted by Gasteiger charge is 2.20. The molecule has 0 saturated carbocycles. The second kappa shape index (κ2) is 19.3. The van der Waals surface area contributed by atoms with Crippen molar-refractivity contribution in [2.75, 3.05) is 46.6 Å². The molecule has 2 rings (SSSR count). The van der Waals surface area contributed by atoms with Crippen LogP contribution >= 0.6 is 0 Å². The number of methoxy groups -OCH3 is 1. The first-order valence-electron chi connectivity index (χ1n) is 12.2. The van der Waals surface area contributed by atoms with Crippen LogP contribution in [0.25, 0.3) is 0 Å². The Morgan fingerprint density at radius 1 is 1.03 bits per heavy atom. The van der Waals surface area contributed by atoms with Crippen molar-refractivity contribution in [3.05, 3.63) is 29.8 Å². The molecule has 1 aromatic carbocycles. The summed E-state index contributed by atoms with van der Waals surface area (Å²) in [7, 11) is 1.69. The van der Waals surface area contributed by atoms with E-state index in [-0.39, 0.29) is 17.8 Å². The summed E-state index contributed by atoms with van der Waals surface area (Å²) in [5, 5.41) is 0. The maximum absolute atomic E-state index is 12.2. The zero-order valence-corrected chi connectivity index (χ0v) is 21.1. The number of ether oxygens (including phenoxy) is 3. The van der Waals surface area contributed by atoms with E-state index >= 15 is 0 Å². The Bertz CT molecular complexity index is 539. The normalized spacial score (nSPS) is 15.2. The van der Waals surface area contributed by atoms with Gasteiger partial charge in [0.15, 0.2) is 5.78 Å². The van der Waals surface area contributed by atoms with Crippen molar-refractivity contribution >= 4 is 5.78 Å². The van der Waals surface area contributed by atoms with Crippen LogP contribution in [-0.2, 0) is 9.47 Å². The van der Waals surface area contributed by atoms with Gasteiger partial charge in [0.05, 0.1) is 19.8 Å². The van der Waals surface area contributed by atoms with Gasteiger partial charge in [-0.3, -0.25) is 4.79 Å². The number of carbonyl (C=O) groups excluding carboxylic acids is 1. The summed E-state index contributed by atoms with van der Waals surface area (Å²) >= 11 is 0. The van der Waals surface area contributed by atoms with E-state index in [0.29, 0.717) is 13.2 Å². The fraction of sp³-hybridized carbons (Fsp3) is 0.731. The number of Topliss-reactive ketones (excluding diaryl/α,β-unsaturated/α-hetero) is 1. The molecule has 0 N–H and O–H groups in total. The molecule has 1 aliphatic rings. The maximum Gasteiger partial charge on any atom is 0.165 e. The van der Waals surface area contributed by atoms with E-state index in [1.807, 2.05) is 52.0 Å². The number of benzene rings is 1. The van der Waals surface area contributed by atoms with Crippen LogP contribution in [0.5, 0.6) is 5.75 Å². The molecule has 31 heavy (non-hydrogen) atoms. The van der Waals surface area contributed by atoms with Crippen LogP contribution < -0.4 is 4.74 Å². The summed E-state index contributed by atoms with van der Waals surface area (Å²) in [6, 6.07) is 7.61. The molecule has 1 unspecified atom stereocenters. The van der Waals surface area contributed by atoms with Gasteiger partial charge in [-0.15, -0.1) is 0 Å². The molecule has 0 amide bonds. The third-order valence-corrected chi connectivity index (χ3v) is 5.02. The van der Waals surface area contributed by atoms with E-state index < -0.39 is 0 Å². The highest BCUT2D eigenvalue weighted by Crippen LogP contribution is 2.21. The van der Waals surface area contributed by atoms with Crippen LogP contribution in [0.2, 0.25) is 0 Å². The van der Waals surface area contributed by atoms with Crippen molar-refractivity contribution in [3.8, 4) is 5.75 Å². The van der Waals surface area contributed by atoms with E-state index in [2.05, 4.69) is 18.7 Å². The van der Waals surface area contributed by atoms with Crippen molar-refractivity contribution in [2.45, 2.75) is 73.3 Å². The van der Waals surface area contributed by atoms with Gasteiger partial charge in [-0.1, -0.05) is 48.0 Å². The lowest BCUT2D eigenvalue weighted by Gasteiger charge is -2.32. The summed E-state index contributed by atoms with van der Waals surface area (Å²) in [5.41, 5.74) is 0.773. The largest absolute Gasteiger partial charge is 0.490 e. The summed E-state index contributed by atoms with van der Waals surface area (Å²) in [4.78, 5) is 14.6. The summed E-state index contributed by atoms with van der Waals surface area (Å²) < 4.78 is 16.6. The zero-order valence-electron chi connectivity index (χ0n) is 21.1. The first kappa shape index (κ1) is 29.6. The molecule has 0 spiro atoms. The average Bonchev–Trinajstić information content (AvgIpc) is 2.81. The topological polar surface area (TPSA) is 48.0 Å². The van der Waals surface area contributed by atoms with Crippen LogP contribution in [-0.4, -0.2) is 63.4 Å². The van der Waals surface area contributed by atoms with Crippen LogP contribution in [0, 0.1) is 5.92 Å². The number of hydrogen-bond donors (Lipinski definition) is 0. The quantitative estimate of drug-likeness (QED) is 0.320. The Morgan fingerprint density at radius 2 is 1.61 bits per heavy atom. The van der Waals surface area contributed by atoms with E-state index in [9.17, 15) is 4.79 Å². The Hall–Kier alpha value is -1.43. The SMILES string of the molecule is CC.CCC.CCC(C)C(=O)c1ccc(OC2CCN(CCOCCOC)CC2)cc1. The van der Waals surface area contributed by atoms with Gasteiger partial charge >= 0.3 is 0 Å². The molecule has 0 radical (unpaired) electrons. The second-order valence-corrected chi connectivity index (χ2v) is 7.67. The van der Waals surface area contributed by atoms with Crippen molar-refractivity contribution in [1.29, 1.82) is 0 Å². The van der Waals surface area contributed by atoms with E-state index in [4.69, 9.17) is 14.2 Å². The Kier molecular flexibility index (Phi) is 18.4. The predicted molar refractivity (Wildman–Crippen MR) is 130 cm³/mol. The van der Waals surface area contributed by atoms with Crippen LogP contribution in [0.4, 0.5) is 0 Å². The van der Waals surface area contributed by atoms with E-state index in [1.54, 1.807) is 7.11 Å². The number of nitrogens with zero attached hydrogens (tertiary/aromatic N) is 1. The molecule has 1 aromatic rings. The first-order valence-corrected chi connectivity index (χ1v) is 12.2. The minimum Gasteiger partial charge on any atom is -0.490 e. The van der Waals surface area contributed by atoms with Crippen LogP contribution in [0.3, 0.4) is 0 Å². The highest BCUT2D eigenvalue weighted by molar-refractivity contribution is 5.97. The monoisotopic (exact) mass is 437 g/mol. The van der Waals surface area contributed by atoms with Crippen molar-refractivity contribution < 1.29 is 19.0 Å². The molecule has 0 aromatic heterocycles. The van der Waals surface area contributed by atoms with E-state index in [0.717, 1.165) is 56.8 Å². The van der Waals surface area contributed by atoms with Crippen molar-refractivity contribution in [3.63, 3.8) is 0 Å². The average molecular weight is 438 g/mol. The Labute approximate surface area is 191 Å². The van der Waals surface area contributed by atoms with Gasteiger partial charge in [-0.05, 0) is 43.5 Å². The van der Waals surface area contributed by atoms with Crippen molar-refractivity contribution in [2.24, 2.45) is 5.92 Å². The number of ketones is 1. The van der Waals surface area contributed by atoms with Gasteiger partial charge in [0.1, 0.15) is 11.9 Å². The molecule has 0 bridgehead atoms. The fourth-order valence-electron chi connectivity index (χ4n) is 3.05. The van der Waals surface area contributed by atoms with Gasteiger partial charge < -0.3 is 19.1 Å². The minimum absolute atomic E-state index is 0.0737. The summed E-state index contributed by atoms with van der Waals surface area (Å²) in [6.45, 7) is 17.3.